The van der Waals surface area contributed by atoms with Gasteiger partial charge in [0.25, 0.3) is 5.91 Å². The quantitative estimate of drug-likeness (QED) is 0.689. The van der Waals surface area contributed by atoms with Gasteiger partial charge in [0.2, 0.25) is 0 Å². The molecule has 1 aromatic carbocycles. The molecular formula is C19H17F3N4OS. The molecule has 2 heterocycles. The molecule has 3 aromatic rings. The Morgan fingerprint density at radius 1 is 1.29 bits per heavy atom. The van der Waals surface area contributed by atoms with Gasteiger partial charge in [-0.1, -0.05) is 12.1 Å². The third-order valence-corrected chi connectivity index (χ3v) is 5.80. The van der Waals surface area contributed by atoms with Crippen LogP contribution in [0.2, 0.25) is 0 Å². The summed E-state index contributed by atoms with van der Waals surface area (Å²) in [6, 6.07) is 8.33. The first-order valence-corrected chi connectivity index (χ1v) is 9.56. The van der Waals surface area contributed by atoms with Crippen molar-refractivity contribution in [3.05, 3.63) is 62.9 Å². The molecule has 1 aliphatic rings. The fourth-order valence-electron chi connectivity index (χ4n) is 3.10. The van der Waals surface area contributed by atoms with Crippen LogP contribution >= 0.6 is 11.3 Å². The molecule has 0 unspecified atom stereocenters. The molecule has 0 radical (unpaired) electrons. The van der Waals surface area contributed by atoms with Gasteiger partial charge in [-0.3, -0.25) is 4.79 Å². The fourth-order valence-corrected chi connectivity index (χ4v) is 4.05. The van der Waals surface area contributed by atoms with E-state index in [4.69, 9.17) is 5.73 Å². The van der Waals surface area contributed by atoms with Crippen LogP contribution in [0.4, 0.5) is 13.2 Å². The Morgan fingerprint density at radius 3 is 2.50 bits per heavy atom. The number of benzene rings is 1. The van der Waals surface area contributed by atoms with Crippen LogP contribution in [0.1, 0.15) is 56.1 Å². The normalized spacial score (nSPS) is 14.4. The number of primary amides is 1. The number of aryl methyl sites for hydroxylation is 1. The third kappa shape index (κ3) is 3.66. The number of hydrogen-bond acceptors (Lipinski definition) is 4. The van der Waals surface area contributed by atoms with Crippen molar-refractivity contribution < 1.29 is 18.0 Å². The highest BCUT2D eigenvalue weighted by molar-refractivity contribution is 7.13. The molecule has 5 nitrogen and oxygen atoms in total. The van der Waals surface area contributed by atoms with Crippen LogP contribution in [0, 0.1) is 6.92 Å². The lowest BCUT2D eigenvalue weighted by atomic mass is 10.1. The summed E-state index contributed by atoms with van der Waals surface area (Å²) in [5, 5.41) is 4.55. The van der Waals surface area contributed by atoms with E-state index in [2.05, 4.69) is 10.1 Å². The third-order valence-electron chi connectivity index (χ3n) is 4.62. The van der Waals surface area contributed by atoms with Crippen molar-refractivity contribution in [2.24, 2.45) is 5.73 Å². The van der Waals surface area contributed by atoms with Crippen molar-refractivity contribution in [1.82, 2.24) is 14.8 Å². The molecule has 1 saturated carbocycles. The molecule has 1 fully saturated rings. The second-order valence-electron chi connectivity index (χ2n) is 6.87. The van der Waals surface area contributed by atoms with E-state index >= 15 is 0 Å². The molecule has 0 aliphatic heterocycles. The number of aromatic nitrogens is 3. The maximum Gasteiger partial charge on any atom is 0.435 e. The molecule has 2 N–H and O–H groups in total. The van der Waals surface area contributed by atoms with Crippen molar-refractivity contribution in [2.75, 3.05) is 0 Å². The number of nitrogens with zero attached hydrogens (tertiary/aromatic N) is 3. The zero-order chi connectivity index (χ0) is 20.1. The highest BCUT2D eigenvalue weighted by atomic mass is 32.1. The average Bonchev–Trinajstić information content (AvgIpc) is 3.24. The number of amides is 1. The van der Waals surface area contributed by atoms with E-state index in [1.54, 1.807) is 19.1 Å². The van der Waals surface area contributed by atoms with Crippen LogP contribution in [-0.2, 0) is 12.6 Å². The Bertz CT molecular complexity index is 1030. The molecule has 146 valence electrons. The molecule has 2 aromatic heterocycles. The van der Waals surface area contributed by atoms with E-state index in [0.29, 0.717) is 28.4 Å². The summed E-state index contributed by atoms with van der Waals surface area (Å²) in [5.41, 5.74) is 7.19. The van der Waals surface area contributed by atoms with Gasteiger partial charge in [0, 0.05) is 18.0 Å². The van der Waals surface area contributed by atoms with Crippen molar-refractivity contribution in [1.29, 1.82) is 0 Å². The number of carbonyl (C=O) groups is 1. The lowest BCUT2D eigenvalue weighted by Crippen LogP contribution is -2.09. The smallest absolute Gasteiger partial charge is 0.365 e. The van der Waals surface area contributed by atoms with Gasteiger partial charge >= 0.3 is 6.18 Å². The van der Waals surface area contributed by atoms with Gasteiger partial charge < -0.3 is 5.73 Å². The molecule has 9 heteroatoms. The Balaban J connectivity index is 1.59. The first-order chi connectivity index (χ1) is 13.2. The molecular weight excluding hydrogens is 389 g/mol. The second-order valence-corrected chi connectivity index (χ2v) is 7.95. The fraction of sp³-hybridized carbons (Fsp3) is 0.316. The number of thiazole rings is 1. The first-order valence-electron chi connectivity index (χ1n) is 8.75. The van der Waals surface area contributed by atoms with Gasteiger partial charge in [0.15, 0.2) is 5.69 Å². The summed E-state index contributed by atoms with van der Waals surface area (Å²) >= 11 is 1.26. The zero-order valence-corrected chi connectivity index (χ0v) is 15.8. The number of nitrogens with two attached hydrogens (primary N) is 1. The van der Waals surface area contributed by atoms with E-state index in [1.807, 2.05) is 12.1 Å². The van der Waals surface area contributed by atoms with E-state index in [-0.39, 0.29) is 5.92 Å². The van der Waals surface area contributed by atoms with Crippen LogP contribution < -0.4 is 5.73 Å². The number of alkyl halides is 3. The van der Waals surface area contributed by atoms with Gasteiger partial charge in [-0.2, -0.15) is 18.3 Å². The van der Waals surface area contributed by atoms with Crippen molar-refractivity contribution in [3.63, 3.8) is 0 Å². The Labute approximate surface area is 163 Å². The average molecular weight is 406 g/mol. The topological polar surface area (TPSA) is 73.8 Å². The second kappa shape index (κ2) is 6.73. The molecule has 4 rings (SSSR count). The van der Waals surface area contributed by atoms with Gasteiger partial charge in [-0.15, -0.1) is 11.3 Å². The summed E-state index contributed by atoms with van der Waals surface area (Å²) in [6.45, 7) is 1.73. The van der Waals surface area contributed by atoms with Gasteiger partial charge in [-0.05, 0) is 43.5 Å². The molecule has 1 aliphatic carbocycles. The summed E-state index contributed by atoms with van der Waals surface area (Å²) < 4.78 is 40.6. The van der Waals surface area contributed by atoms with E-state index in [9.17, 15) is 18.0 Å². The molecule has 28 heavy (non-hydrogen) atoms. The molecule has 0 spiro atoms. The largest absolute Gasteiger partial charge is 0.435 e. The van der Waals surface area contributed by atoms with Crippen LogP contribution in [0.5, 0.6) is 0 Å². The number of halogens is 3. The van der Waals surface area contributed by atoms with Crippen LogP contribution in [-0.4, -0.2) is 20.7 Å². The monoisotopic (exact) mass is 406 g/mol. The first kappa shape index (κ1) is 18.7. The summed E-state index contributed by atoms with van der Waals surface area (Å²) in [7, 11) is 0. The summed E-state index contributed by atoms with van der Waals surface area (Å²) in [4.78, 5) is 16.2. The Kier molecular flexibility index (Phi) is 4.49. The van der Waals surface area contributed by atoms with E-state index in [1.165, 1.54) is 16.0 Å². The predicted octanol–water partition coefficient (Wildman–Crippen LogP) is 4.22. The van der Waals surface area contributed by atoms with Crippen LogP contribution in [0.15, 0.2) is 30.3 Å². The van der Waals surface area contributed by atoms with E-state index in [0.717, 1.165) is 29.5 Å². The van der Waals surface area contributed by atoms with Gasteiger partial charge in [-0.25, -0.2) is 9.67 Å². The van der Waals surface area contributed by atoms with Gasteiger partial charge in [0.05, 0.1) is 16.4 Å². The predicted molar refractivity (Wildman–Crippen MR) is 98.7 cm³/mol. The van der Waals surface area contributed by atoms with Crippen molar-refractivity contribution >= 4 is 17.2 Å². The SMILES string of the molecule is Cc1nc(Cc2ccc(-n3nc(C(F)(F)F)cc3C3CC3)cc2)sc1C(N)=O. The molecule has 0 atom stereocenters. The Hall–Kier alpha value is -2.68. The van der Waals surface area contributed by atoms with Crippen molar-refractivity contribution in [3.8, 4) is 5.69 Å². The van der Waals surface area contributed by atoms with E-state index < -0.39 is 17.8 Å². The summed E-state index contributed by atoms with van der Waals surface area (Å²) in [6.07, 6.45) is -2.18. The minimum absolute atomic E-state index is 0.133. The lowest BCUT2D eigenvalue weighted by Gasteiger charge is -2.08. The molecule has 1 amide bonds. The van der Waals surface area contributed by atoms with Gasteiger partial charge in [0.1, 0.15) is 4.88 Å². The number of hydrogen-bond donors (Lipinski definition) is 1. The van der Waals surface area contributed by atoms with Crippen LogP contribution in [0.3, 0.4) is 0 Å². The Morgan fingerprint density at radius 2 is 1.96 bits per heavy atom. The number of carbonyl (C=O) groups excluding carboxylic acids is 1. The zero-order valence-electron chi connectivity index (χ0n) is 15.0. The highest BCUT2D eigenvalue weighted by Crippen LogP contribution is 2.43. The van der Waals surface area contributed by atoms with Crippen LogP contribution in [0.25, 0.3) is 5.69 Å². The van der Waals surface area contributed by atoms with Crippen molar-refractivity contribution in [2.45, 2.75) is 38.3 Å². The molecule has 0 saturated heterocycles. The number of rotatable bonds is 5. The standard InChI is InChI=1S/C19H17F3N4OS/c1-10-17(18(23)27)28-16(24-10)8-11-2-6-13(7-3-11)26-14(12-4-5-12)9-15(25-26)19(20,21)22/h2-3,6-7,9,12H,4-5,8H2,1H3,(H2,23,27). The lowest BCUT2D eigenvalue weighted by molar-refractivity contribution is -0.141. The molecule has 0 bridgehead atoms. The highest BCUT2D eigenvalue weighted by Gasteiger charge is 2.38. The maximum atomic E-state index is 13.1. The minimum Gasteiger partial charge on any atom is -0.365 e. The summed E-state index contributed by atoms with van der Waals surface area (Å²) in [5.74, 6) is -0.364. The minimum atomic E-state index is -4.46. The maximum absolute atomic E-state index is 13.1.